The third-order valence-electron chi connectivity index (χ3n) is 3.73. The zero-order chi connectivity index (χ0) is 15.4. The molecule has 0 saturated carbocycles. The van der Waals surface area contributed by atoms with Crippen LogP contribution in [0.1, 0.15) is 26.2 Å². The van der Waals surface area contributed by atoms with E-state index in [2.05, 4.69) is 5.32 Å². The van der Waals surface area contributed by atoms with Crippen LogP contribution < -0.4 is 15.8 Å². The normalized spacial score (nSPS) is 16.4. The van der Waals surface area contributed by atoms with E-state index in [1.807, 2.05) is 4.90 Å². The number of benzene rings is 1. The van der Waals surface area contributed by atoms with Crippen molar-refractivity contribution in [2.45, 2.75) is 32.2 Å². The van der Waals surface area contributed by atoms with Crippen LogP contribution in [-0.4, -0.2) is 37.0 Å². The molecule has 1 aromatic carbocycles. The second-order valence-electron chi connectivity index (χ2n) is 5.33. The average molecular weight is 295 g/mol. The molecule has 1 heterocycles. The number of rotatable bonds is 4. The van der Waals surface area contributed by atoms with Crippen molar-refractivity contribution in [2.75, 3.05) is 31.2 Å². The topological polar surface area (TPSA) is 67.6 Å². The first-order chi connectivity index (χ1) is 10.0. The molecule has 1 aromatic rings. The van der Waals surface area contributed by atoms with Crippen molar-refractivity contribution < 1.29 is 13.9 Å². The summed E-state index contributed by atoms with van der Waals surface area (Å²) in [5.41, 5.74) is 6.09. The molecule has 0 radical (unpaired) electrons. The van der Waals surface area contributed by atoms with E-state index in [0.717, 1.165) is 32.4 Å². The predicted octanol–water partition coefficient (Wildman–Crippen LogP) is 2.23. The molecule has 5 nitrogen and oxygen atoms in total. The predicted molar refractivity (Wildman–Crippen MR) is 80.9 cm³/mol. The third-order valence-corrected chi connectivity index (χ3v) is 3.73. The van der Waals surface area contributed by atoms with E-state index < -0.39 is 11.9 Å². The lowest BCUT2D eigenvalue weighted by molar-refractivity contribution is -0.132. The maximum atomic E-state index is 13.9. The fraction of sp³-hybridized carbons (Fsp3) is 0.533. The van der Waals surface area contributed by atoms with Gasteiger partial charge in [0, 0.05) is 25.2 Å². The van der Waals surface area contributed by atoms with Crippen molar-refractivity contribution in [1.82, 2.24) is 4.90 Å². The van der Waals surface area contributed by atoms with Crippen molar-refractivity contribution in [3.05, 3.63) is 17.9 Å². The highest BCUT2D eigenvalue weighted by atomic mass is 19.1. The van der Waals surface area contributed by atoms with E-state index in [-0.39, 0.29) is 17.3 Å². The summed E-state index contributed by atoms with van der Waals surface area (Å²) in [7, 11) is 1.47. The summed E-state index contributed by atoms with van der Waals surface area (Å²) in [5.74, 6) is -0.118. The Morgan fingerprint density at radius 3 is 2.67 bits per heavy atom. The summed E-state index contributed by atoms with van der Waals surface area (Å²) < 4.78 is 19.0. The quantitative estimate of drug-likeness (QED) is 0.836. The van der Waals surface area contributed by atoms with Crippen LogP contribution in [0.15, 0.2) is 12.1 Å². The molecule has 1 aliphatic rings. The zero-order valence-corrected chi connectivity index (χ0v) is 12.5. The highest BCUT2D eigenvalue weighted by Crippen LogP contribution is 2.28. The van der Waals surface area contributed by atoms with E-state index >= 15 is 0 Å². The lowest BCUT2D eigenvalue weighted by atomic mass is 10.1. The Bertz CT molecular complexity index is 516. The minimum absolute atomic E-state index is 0.00936. The van der Waals surface area contributed by atoms with Gasteiger partial charge in [0.05, 0.1) is 18.5 Å². The highest BCUT2D eigenvalue weighted by molar-refractivity contribution is 5.84. The van der Waals surface area contributed by atoms with Crippen molar-refractivity contribution >= 4 is 17.3 Å². The SMILES string of the molecule is COc1cc(NC(C)C(=O)N2CCCCC2)c(F)cc1N. The standard InChI is InChI=1S/C15H22FN3O2/c1-10(15(20)19-6-4-3-5-7-19)18-13-9-14(21-2)12(17)8-11(13)16/h8-10,18H,3-7,17H2,1-2H3. The molecule has 0 aromatic heterocycles. The minimum Gasteiger partial charge on any atom is -0.495 e. The molecule has 0 spiro atoms. The van der Waals surface area contributed by atoms with Crippen LogP contribution in [0.2, 0.25) is 0 Å². The second kappa shape index (κ2) is 6.65. The number of piperidine rings is 1. The van der Waals surface area contributed by atoms with Gasteiger partial charge >= 0.3 is 0 Å². The number of methoxy groups -OCH3 is 1. The number of likely N-dealkylation sites (tertiary alicyclic amines) is 1. The number of nitrogens with one attached hydrogen (secondary N) is 1. The summed E-state index contributed by atoms with van der Waals surface area (Å²) in [5, 5.41) is 2.91. The highest BCUT2D eigenvalue weighted by Gasteiger charge is 2.23. The number of carbonyl (C=O) groups excluding carboxylic acids is 1. The molecule has 1 atom stereocenters. The molecule has 1 saturated heterocycles. The Kier molecular flexibility index (Phi) is 4.88. The van der Waals surface area contributed by atoms with E-state index in [0.29, 0.717) is 5.75 Å². The molecule has 1 aliphatic heterocycles. The first-order valence-corrected chi connectivity index (χ1v) is 7.21. The van der Waals surface area contributed by atoms with Crippen LogP contribution in [0.3, 0.4) is 0 Å². The van der Waals surface area contributed by atoms with Crippen LogP contribution >= 0.6 is 0 Å². The van der Waals surface area contributed by atoms with Gasteiger partial charge in [0.15, 0.2) is 0 Å². The second-order valence-corrected chi connectivity index (χ2v) is 5.33. The number of hydrogen-bond acceptors (Lipinski definition) is 4. The molecule has 2 rings (SSSR count). The lowest BCUT2D eigenvalue weighted by Gasteiger charge is -2.29. The smallest absolute Gasteiger partial charge is 0.244 e. The average Bonchev–Trinajstić information content (AvgIpc) is 2.50. The fourth-order valence-electron chi connectivity index (χ4n) is 2.54. The van der Waals surface area contributed by atoms with Crippen molar-refractivity contribution in [2.24, 2.45) is 0 Å². The van der Waals surface area contributed by atoms with Gasteiger partial charge in [-0.2, -0.15) is 0 Å². The van der Waals surface area contributed by atoms with Crippen molar-refractivity contribution in [1.29, 1.82) is 0 Å². The summed E-state index contributed by atoms with van der Waals surface area (Å²) in [6, 6.07) is 2.18. The summed E-state index contributed by atoms with van der Waals surface area (Å²) >= 11 is 0. The van der Waals surface area contributed by atoms with Crippen LogP contribution in [0, 0.1) is 5.82 Å². The molecule has 1 unspecified atom stereocenters. The number of hydrogen-bond donors (Lipinski definition) is 2. The van der Waals surface area contributed by atoms with Gasteiger partial charge in [-0.15, -0.1) is 0 Å². The first kappa shape index (κ1) is 15.4. The summed E-state index contributed by atoms with van der Waals surface area (Å²) in [6.07, 6.45) is 3.22. The van der Waals surface area contributed by atoms with Gasteiger partial charge in [-0.05, 0) is 26.2 Å². The molecule has 1 amide bonds. The molecule has 0 aliphatic carbocycles. The van der Waals surface area contributed by atoms with Gasteiger partial charge in [0.25, 0.3) is 0 Å². The molecule has 21 heavy (non-hydrogen) atoms. The van der Waals surface area contributed by atoms with E-state index in [9.17, 15) is 9.18 Å². The largest absolute Gasteiger partial charge is 0.495 e. The van der Waals surface area contributed by atoms with Crippen molar-refractivity contribution in [3.8, 4) is 5.75 Å². The lowest BCUT2D eigenvalue weighted by Crippen LogP contribution is -2.44. The summed E-state index contributed by atoms with van der Waals surface area (Å²) in [6.45, 7) is 3.29. The Balaban J connectivity index is 2.08. The number of amides is 1. The Labute approximate surface area is 124 Å². The molecule has 1 fully saturated rings. The molecule has 3 N–H and O–H groups in total. The van der Waals surface area contributed by atoms with Crippen molar-refractivity contribution in [3.63, 3.8) is 0 Å². The number of halogens is 1. The minimum atomic E-state index is -0.495. The van der Waals surface area contributed by atoms with E-state index in [4.69, 9.17) is 10.5 Å². The van der Waals surface area contributed by atoms with Crippen LogP contribution in [-0.2, 0) is 4.79 Å². The van der Waals surface area contributed by atoms with E-state index in [1.165, 1.54) is 19.2 Å². The van der Waals surface area contributed by atoms with Gasteiger partial charge in [0.2, 0.25) is 5.91 Å². The van der Waals surface area contributed by atoms with Gasteiger partial charge < -0.3 is 20.7 Å². The molecule has 116 valence electrons. The Morgan fingerprint density at radius 1 is 1.38 bits per heavy atom. The van der Waals surface area contributed by atoms with Gasteiger partial charge in [-0.1, -0.05) is 0 Å². The van der Waals surface area contributed by atoms with Crippen LogP contribution in [0.5, 0.6) is 5.75 Å². The Hall–Kier alpha value is -1.98. The number of ether oxygens (including phenoxy) is 1. The first-order valence-electron chi connectivity index (χ1n) is 7.21. The number of carbonyl (C=O) groups is 1. The Morgan fingerprint density at radius 2 is 2.05 bits per heavy atom. The molecular weight excluding hydrogens is 273 g/mol. The number of anilines is 2. The molecular formula is C15H22FN3O2. The summed E-state index contributed by atoms with van der Waals surface area (Å²) in [4.78, 5) is 14.1. The van der Waals surface area contributed by atoms with Gasteiger partial charge in [-0.3, -0.25) is 4.79 Å². The zero-order valence-electron chi connectivity index (χ0n) is 12.5. The van der Waals surface area contributed by atoms with Gasteiger partial charge in [0.1, 0.15) is 17.6 Å². The van der Waals surface area contributed by atoms with Gasteiger partial charge in [-0.25, -0.2) is 4.39 Å². The number of nitrogen functional groups attached to an aromatic ring is 1. The van der Waals surface area contributed by atoms with Crippen LogP contribution in [0.25, 0.3) is 0 Å². The maximum absolute atomic E-state index is 13.9. The van der Waals surface area contributed by atoms with Crippen LogP contribution in [0.4, 0.5) is 15.8 Å². The number of nitrogens with zero attached hydrogens (tertiary/aromatic N) is 1. The monoisotopic (exact) mass is 295 g/mol. The maximum Gasteiger partial charge on any atom is 0.244 e. The molecule has 0 bridgehead atoms. The number of nitrogens with two attached hydrogens (primary N) is 1. The third kappa shape index (κ3) is 3.56. The molecule has 6 heteroatoms. The van der Waals surface area contributed by atoms with E-state index in [1.54, 1.807) is 6.92 Å². The fourth-order valence-corrected chi connectivity index (χ4v) is 2.54.